The lowest BCUT2D eigenvalue weighted by Crippen LogP contribution is -2.47. The van der Waals surface area contributed by atoms with Crippen LogP contribution in [0.25, 0.3) is 0 Å². The monoisotopic (exact) mass is 373 g/mol. The van der Waals surface area contributed by atoms with Gasteiger partial charge in [0, 0.05) is 0 Å². The average molecular weight is 373 g/mol. The molecule has 0 N–H and O–H groups in total. The van der Waals surface area contributed by atoms with Gasteiger partial charge in [-0.05, 0) is 30.5 Å². The molecule has 1 saturated heterocycles. The minimum atomic E-state index is -1.14. The summed E-state index contributed by atoms with van der Waals surface area (Å²) in [5.41, 5.74) is 0.404. The summed E-state index contributed by atoms with van der Waals surface area (Å²) in [6.45, 7) is 0.410. The first-order chi connectivity index (χ1) is 13.6. The largest absolute Gasteiger partial charge is 0.297 e. The van der Waals surface area contributed by atoms with Crippen molar-refractivity contribution in [3.8, 4) is 0 Å². The number of rotatable bonds is 3. The van der Waals surface area contributed by atoms with Crippen LogP contribution in [0.4, 0.5) is 5.69 Å². The Morgan fingerprint density at radius 2 is 1.61 bits per heavy atom. The van der Waals surface area contributed by atoms with Crippen molar-refractivity contribution in [2.24, 2.45) is 16.8 Å². The number of carbonyl (C=O) groups excluding carboxylic acids is 3. The molecule has 2 aliphatic heterocycles. The number of benzene rings is 2. The first kappa shape index (κ1) is 16.9. The molecular formula is C22H19N3O3. The number of amides is 3. The zero-order valence-electron chi connectivity index (χ0n) is 15.2. The first-order valence-electron chi connectivity index (χ1n) is 9.45. The van der Waals surface area contributed by atoms with Crippen molar-refractivity contribution in [3.05, 3.63) is 66.2 Å². The van der Waals surface area contributed by atoms with Crippen molar-refractivity contribution in [3.63, 3.8) is 0 Å². The van der Waals surface area contributed by atoms with Crippen molar-refractivity contribution in [2.45, 2.75) is 24.9 Å². The van der Waals surface area contributed by atoms with Crippen LogP contribution < -0.4 is 4.90 Å². The lowest BCUT2D eigenvalue weighted by Gasteiger charge is -2.26. The molecule has 28 heavy (non-hydrogen) atoms. The smallest absolute Gasteiger partial charge is 0.256 e. The zero-order valence-corrected chi connectivity index (χ0v) is 15.2. The third kappa shape index (κ3) is 2.27. The maximum Gasteiger partial charge on any atom is 0.256 e. The highest BCUT2D eigenvalue weighted by atomic mass is 16.2. The molecule has 2 aromatic carbocycles. The van der Waals surface area contributed by atoms with Crippen LogP contribution in [0.1, 0.15) is 18.4 Å². The van der Waals surface area contributed by atoms with Gasteiger partial charge in [-0.15, -0.1) is 0 Å². The lowest BCUT2D eigenvalue weighted by atomic mass is 9.84. The van der Waals surface area contributed by atoms with Crippen LogP contribution in [-0.4, -0.2) is 34.5 Å². The Labute approximate surface area is 162 Å². The van der Waals surface area contributed by atoms with Gasteiger partial charge in [-0.3, -0.25) is 24.3 Å². The van der Waals surface area contributed by atoms with E-state index in [4.69, 9.17) is 0 Å². The molecule has 1 aliphatic carbocycles. The fraction of sp³-hybridized carbons (Fsp3) is 0.273. The minimum absolute atomic E-state index is 0.181. The maximum absolute atomic E-state index is 13.3. The van der Waals surface area contributed by atoms with E-state index in [-0.39, 0.29) is 17.7 Å². The van der Waals surface area contributed by atoms with Crippen LogP contribution in [0.3, 0.4) is 0 Å². The van der Waals surface area contributed by atoms with E-state index in [2.05, 4.69) is 4.99 Å². The number of anilines is 1. The van der Waals surface area contributed by atoms with Gasteiger partial charge in [0.25, 0.3) is 5.91 Å². The molecule has 2 fully saturated rings. The standard InChI is InChI=1S/C22H19N3O3/c26-19-17-11-12-22(18(17)20(27)25(19)16-9-5-2-6-10-16)21(28)24(14-23-22)13-15-7-3-1-4-8-15/h1-10,14,17-18H,11-13H2/t17-,18+,22+/m1/s1. The summed E-state index contributed by atoms with van der Waals surface area (Å²) in [5, 5.41) is 0. The molecule has 3 amide bonds. The summed E-state index contributed by atoms with van der Waals surface area (Å²) in [5.74, 6) is -1.91. The summed E-state index contributed by atoms with van der Waals surface area (Å²) in [6, 6.07) is 18.6. The van der Waals surface area contributed by atoms with Gasteiger partial charge in [-0.25, -0.2) is 4.90 Å². The molecule has 6 nitrogen and oxygen atoms in total. The van der Waals surface area contributed by atoms with Crippen molar-refractivity contribution >= 4 is 29.7 Å². The fourth-order valence-corrected chi connectivity index (χ4v) is 4.72. The molecule has 1 saturated carbocycles. The van der Waals surface area contributed by atoms with E-state index < -0.39 is 17.4 Å². The van der Waals surface area contributed by atoms with E-state index in [1.54, 1.807) is 35.5 Å². The Hall–Kier alpha value is -3.28. The van der Waals surface area contributed by atoms with E-state index in [0.29, 0.717) is 25.1 Å². The molecule has 0 radical (unpaired) electrons. The molecule has 3 aliphatic rings. The number of carbonyl (C=O) groups is 3. The summed E-state index contributed by atoms with van der Waals surface area (Å²) in [4.78, 5) is 46.8. The number of para-hydroxylation sites is 1. The van der Waals surface area contributed by atoms with Gasteiger partial charge in [-0.1, -0.05) is 48.5 Å². The highest BCUT2D eigenvalue weighted by Crippen LogP contribution is 2.51. The van der Waals surface area contributed by atoms with Gasteiger partial charge in [0.15, 0.2) is 5.54 Å². The molecule has 5 rings (SSSR count). The first-order valence-corrected chi connectivity index (χ1v) is 9.45. The molecule has 140 valence electrons. The highest BCUT2D eigenvalue weighted by molar-refractivity contribution is 6.24. The zero-order chi connectivity index (χ0) is 19.3. The highest BCUT2D eigenvalue weighted by Gasteiger charge is 2.66. The third-order valence-electron chi connectivity index (χ3n) is 6.05. The number of aliphatic imine (C=N–C) groups is 1. The minimum Gasteiger partial charge on any atom is -0.297 e. The van der Waals surface area contributed by atoms with Crippen molar-refractivity contribution in [1.82, 2.24) is 4.90 Å². The van der Waals surface area contributed by atoms with E-state index in [0.717, 1.165) is 5.56 Å². The maximum atomic E-state index is 13.3. The van der Waals surface area contributed by atoms with Gasteiger partial charge in [0.1, 0.15) is 0 Å². The van der Waals surface area contributed by atoms with E-state index in [9.17, 15) is 14.4 Å². The Morgan fingerprint density at radius 1 is 0.929 bits per heavy atom. The summed E-state index contributed by atoms with van der Waals surface area (Å²) in [6.07, 6.45) is 2.48. The van der Waals surface area contributed by atoms with Crippen LogP contribution in [0.2, 0.25) is 0 Å². The van der Waals surface area contributed by atoms with Gasteiger partial charge < -0.3 is 0 Å². The second-order valence-electron chi connectivity index (χ2n) is 7.56. The Kier molecular flexibility index (Phi) is 3.69. The molecule has 2 aromatic rings. The predicted molar refractivity (Wildman–Crippen MR) is 103 cm³/mol. The average Bonchev–Trinajstić information content (AvgIpc) is 3.34. The second kappa shape index (κ2) is 6.12. The van der Waals surface area contributed by atoms with Gasteiger partial charge >= 0.3 is 0 Å². The van der Waals surface area contributed by atoms with Crippen LogP contribution in [0.15, 0.2) is 65.7 Å². The molecule has 1 spiro atoms. The Balaban J connectivity index is 1.45. The number of nitrogens with zero attached hydrogens (tertiary/aromatic N) is 3. The van der Waals surface area contributed by atoms with E-state index in [1.807, 2.05) is 36.4 Å². The van der Waals surface area contributed by atoms with Crippen molar-refractivity contribution in [2.75, 3.05) is 4.90 Å². The van der Waals surface area contributed by atoms with Crippen LogP contribution >= 0.6 is 0 Å². The Bertz CT molecular complexity index is 989. The fourth-order valence-electron chi connectivity index (χ4n) is 4.72. The molecule has 0 aromatic heterocycles. The van der Waals surface area contributed by atoms with E-state index in [1.165, 1.54) is 4.90 Å². The number of imide groups is 1. The number of fused-ring (bicyclic) bond motifs is 2. The summed E-state index contributed by atoms with van der Waals surface area (Å²) >= 11 is 0. The molecule has 0 unspecified atom stereocenters. The van der Waals surface area contributed by atoms with Gasteiger partial charge in [-0.2, -0.15) is 0 Å². The number of hydrogen-bond donors (Lipinski definition) is 0. The Morgan fingerprint density at radius 3 is 2.32 bits per heavy atom. The van der Waals surface area contributed by atoms with Crippen LogP contribution in [0.5, 0.6) is 0 Å². The van der Waals surface area contributed by atoms with Crippen LogP contribution in [0, 0.1) is 11.8 Å². The molecular weight excluding hydrogens is 354 g/mol. The topological polar surface area (TPSA) is 70.0 Å². The van der Waals surface area contributed by atoms with Crippen molar-refractivity contribution < 1.29 is 14.4 Å². The third-order valence-corrected chi connectivity index (χ3v) is 6.05. The summed E-state index contributed by atoms with van der Waals surface area (Å²) < 4.78 is 0. The molecule has 6 heteroatoms. The predicted octanol–water partition coefficient (Wildman–Crippen LogP) is 2.40. The molecule has 2 heterocycles. The summed E-state index contributed by atoms with van der Waals surface area (Å²) in [7, 11) is 0. The van der Waals surface area contributed by atoms with E-state index >= 15 is 0 Å². The van der Waals surface area contributed by atoms with Gasteiger partial charge in [0.2, 0.25) is 11.8 Å². The molecule has 3 atom stereocenters. The van der Waals surface area contributed by atoms with Crippen LogP contribution in [-0.2, 0) is 20.9 Å². The van der Waals surface area contributed by atoms with Crippen molar-refractivity contribution in [1.29, 1.82) is 0 Å². The SMILES string of the molecule is O=C1[C@@H]2[C@@H](CC[C@]23N=CN(Cc2ccccc2)C3=O)C(=O)N1c1ccccc1. The van der Waals surface area contributed by atoms with Gasteiger partial charge in [0.05, 0.1) is 30.4 Å². The second-order valence-corrected chi connectivity index (χ2v) is 7.56. The lowest BCUT2D eigenvalue weighted by molar-refractivity contribution is -0.136. The quantitative estimate of drug-likeness (QED) is 0.776. The normalized spacial score (nSPS) is 28.6. The molecule has 0 bridgehead atoms. The number of hydrogen-bond acceptors (Lipinski definition) is 4.